The van der Waals surface area contributed by atoms with Gasteiger partial charge < -0.3 is 10.4 Å². The van der Waals surface area contributed by atoms with Gasteiger partial charge in [0, 0.05) is 6.54 Å². The van der Waals surface area contributed by atoms with Gasteiger partial charge >= 0.3 is 0 Å². The SMILES string of the molecule is N#CC1(C(=O)NCC2CCC(O)C2)CCCCC1. The Morgan fingerprint density at radius 2 is 2.06 bits per heavy atom. The monoisotopic (exact) mass is 250 g/mol. The summed E-state index contributed by atoms with van der Waals surface area (Å²) in [5.41, 5.74) is -0.782. The molecule has 2 N–H and O–H groups in total. The van der Waals surface area contributed by atoms with Crippen molar-refractivity contribution in [1.82, 2.24) is 5.32 Å². The predicted octanol–water partition coefficient (Wildman–Crippen LogP) is 1.74. The van der Waals surface area contributed by atoms with Gasteiger partial charge in [0.05, 0.1) is 12.2 Å². The Morgan fingerprint density at radius 1 is 1.33 bits per heavy atom. The Morgan fingerprint density at radius 3 is 2.61 bits per heavy atom. The van der Waals surface area contributed by atoms with Gasteiger partial charge in [-0.1, -0.05) is 19.3 Å². The smallest absolute Gasteiger partial charge is 0.240 e. The summed E-state index contributed by atoms with van der Waals surface area (Å²) >= 11 is 0. The van der Waals surface area contributed by atoms with Crippen molar-refractivity contribution in [3.8, 4) is 6.07 Å². The number of carbonyl (C=O) groups is 1. The molecular formula is C14H22N2O2. The molecule has 0 heterocycles. The zero-order valence-corrected chi connectivity index (χ0v) is 10.8. The maximum absolute atomic E-state index is 12.2. The third-order valence-electron chi connectivity index (χ3n) is 4.42. The molecule has 0 saturated heterocycles. The molecule has 2 saturated carbocycles. The predicted molar refractivity (Wildman–Crippen MR) is 67.5 cm³/mol. The van der Waals surface area contributed by atoms with Gasteiger partial charge in [-0.2, -0.15) is 5.26 Å². The molecule has 0 radical (unpaired) electrons. The van der Waals surface area contributed by atoms with Crippen LogP contribution in [0.1, 0.15) is 51.4 Å². The van der Waals surface area contributed by atoms with Crippen LogP contribution in [0.3, 0.4) is 0 Å². The first kappa shape index (κ1) is 13.4. The van der Waals surface area contributed by atoms with Crippen LogP contribution in [0.5, 0.6) is 0 Å². The molecule has 0 aromatic heterocycles. The molecule has 0 aliphatic heterocycles. The van der Waals surface area contributed by atoms with Crippen LogP contribution < -0.4 is 5.32 Å². The lowest BCUT2D eigenvalue weighted by Crippen LogP contribution is -2.43. The van der Waals surface area contributed by atoms with Gasteiger partial charge in [0.25, 0.3) is 0 Å². The second kappa shape index (κ2) is 5.71. The lowest BCUT2D eigenvalue weighted by atomic mass is 9.74. The number of aliphatic hydroxyl groups excluding tert-OH is 1. The van der Waals surface area contributed by atoms with Gasteiger partial charge in [-0.05, 0) is 38.0 Å². The molecular weight excluding hydrogens is 228 g/mol. The van der Waals surface area contributed by atoms with Gasteiger partial charge in [0.15, 0.2) is 0 Å². The van der Waals surface area contributed by atoms with Crippen LogP contribution in [0.2, 0.25) is 0 Å². The highest BCUT2D eigenvalue weighted by molar-refractivity contribution is 5.85. The number of nitriles is 1. The molecule has 2 rings (SSSR count). The van der Waals surface area contributed by atoms with Crippen LogP contribution in [0.15, 0.2) is 0 Å². The van der Waals surface area contributed by atoms with E-state index in [0.717, 1.165) is 38.5 Å². The quantitative estimate of drug-likeness (QED) is 0.801. The van der Waals surface area contributed by atoms with E-state index in [4.69, 9.17) is 0 Å². The third-order valence-corrected chi connectivity index (χ3v) is 4.42. The molecule has 2 aliphatic rings. The molecule has 0 aromatic rings. The fourth-order valence-corrected chi connectivity index (χ4v) is 3.19. The second-order valence-corrected chi connectivity index (χ2v) is 5.80. The van der Waals surface area contributed by atoms with Crippen molar-refractivity contribution in [1.29, 1.82) is 5.26 Å². The van der Waals surface area contributed by atoms with E-state index >= 15 is 0 Å². The standard InChI is InChI=1S/C14H22N2O2/c15-10-14(6-2-1-3-7-14)13(18)16-9-11-4-5-12(17)8-11/h11-12,17H,1-9H2,(H,16,18). The fourth-order valence-electron chi connectivity index (χ4n) is 3.19. The molecule has 4 heteroatoms. The second-order valence-electron chi connectivity index (χ2n) is 5.80. The van der Waals surface area contributed by atoms with Crippen LogP contribution in [-0.2, 0) is 4.79 Å². The van der Waals surface area contributed by atoms with Gasteiger partial charge in [-0.3, -0.25) is 4.79 Å². The highest BCUT2D eigenvalue weighted by Gasteiger charge is 2.40. The van der Waals surface area contributed by atoms with Gasteiger partial charge in [-0.15, -0.1) is 0 Å². The Labute approximate surface area is 108 Å². The first-order valence-electron chi connectivity index (χ1n) is 7.04. The summed E-state index contributed by atoms with van der Waals surface area (Å²) in [7, 11) is 0. The Kier molecular flexibility index (Phi) is 4.23. The summed E-state index contributed by atoms with van der Waals surface area (Å²) in [6.45, 7) is 0.610. The molecule has 18 heavy (non-hydrogen) atoms. The Bertz CT molecular complexity index is 342. The molecule has 2 fully saturated rings. The molecule has 4 nitrogen and oxygen atoms in total. The highest BCUT2D eigenvalue weighted by atomic mass is 16.3. The maximum Gasteiger partial charge on any atom is 0.240 e. The first-order valence-corrected chi connectivity index (χ1v) is 7.04. The molecule has 1 amide bonds. The van der Waals surface area contributed by atoms with E-state index in [0.29, 0.717) is 25.3 Å². The lowest BCUT2D eigenvalue weighted by molar-refractivity contribution is -0.129. The zero-order chi connectivity index (χ0) is 13.0. The summed E-state index contributed by atoms with van der Waals surface area (Å²) in [5, 5.41) is 21.7. The molecule has 2 unspecified atom stereocenters. The van der Waals surface area contributed by atoms with Gasteiger partial charge in [-0.25, -0.2) is 0 Å². The normalized spacial score (nSPS) is 30.7. The molecule has 0 bridgehead atoms. The number of amides is 1. The minimum Gasteiger partial charge on any atom is -0.393 e. The van der Waals surface area contributed by atoms with Crippen LogP contribution in [0.4, 0.5) is 0 Å². The van der Waals surface area contributed by atoms with Crippen LogP contribution in [0.25, 0.3) is 0 Å². The van der Waals surface area contributed by atoms with E-state index in [9.17, 15) is 15.2 Å². The molecule has 0 aromatic carbocycles. The highest BCUT2D eigenvalue weighted by Crippen LogP contribution is 2.36. The molecule has 0 spiro atoms. The Balaban J connectivity index is 1.84. The molecule has 2 atom stereocenters. The number of hydrogen-bond donors (Lipinski definition) is 2. The van der Waals surface area contributed by atoms with E-state index < -0.39 is 5.41 Å². The van der Waals surface area contributed by atoms with Crippen molar-refractivity contribution >= 4 is 5.91 Å². The maximum atomic E-state index is 12.2. The number of hydrogen-bond acceptors (Lipinski definition) is 3. The van der Waals surface area contributed by atoms with E-state index in [1.54, 1.807) is 0 Å². The zero-order valence-electron chi connectivity index (χ0n) is 10.8. The number of nitrogens with zero attached hydrogens (tertiary/aromatic N) is 1. The summed E-state index contributed by atoms with van der Waals surface area (Å²) in [6.07, 6.45) is 6.86. The largest absolute Gasteiger partial charge is 0.393 e. The molecule has 2 aliphatic carbocycles. The van der Waals surface area contributed by atoms with Crippen molar-refractivity contribution in [3.05, 3.63) is 0 Å². The van der Waals surface area contributed by atoms with E-state index in [1.807, 2.05) is 0 Å². The van der Waals surface area contributed by atoms with Crippen molar-refractivity contribution in [2.75, 3.05) is 6.54 Å². The topological polar surface area (TPSA) is 73.1 Å². The van der Waals surface area contributed by atoms with Crippen LogP contribution >= 0.6 is 0 Å². The number of nitrogens with one attached hydrogen (secondary N) is 1. The average Bonchev–Trinajstić information content (AvgIpc) is 2.82. The number of aliphatic hydroxyl groups is 1. The van der Waals surface area contributed by atoms with Crippen molar-refractivity contribution < 1.29 is 9.90 Å². The van der Waals surface area contributed by atoms with Crippen LogP contribution in [-0.4, -0.2) is 23.7 Å². The summed E-state index contributed by atoms with van der Waals surface area (Å²) in [4.78, 5) is 12.2. The lowest BCUT2D eigenvalue weighted by Gasteiger charge is -2.29. The number of carbonyl (C=O) groups excluding carboxylic acids is 1. The van der Waals surface area contributed by atoms with Gasteiger partial charge in [0.2, 0.25) is 5.91 Å². The summed E-state index contributed by atoms with van der Waals surface area (Å²) in [6, 6.07) is 2.24. The minimum atomic E-state index is -0.782. The summed E-state index contributed by atoms with van der Waals surface area (Å²) < 4.78 is 0. The third kappa shape index (κ3) is 2.84. The minimum absolute atomic E-state index is 0.0916. The first-order chi connectivity index (χ1) is 8.66. The van der Waals surface area contributed by atoms with E-state index in [-0.39, 0.29) is 12.0 Å². The van der Waals surface area contributed by atoms with Crippen LogP contribution in [0, 0.1) is 22.7 Å². The van der Waals surface area contributed by atoms with Crippen molar-refractivity contribution in [2.24, 2.45) is 11.3 Å². The Hall–Kier alpha value is -1.08. The average molecular weight is 250 g/mol. The summed E-state index contributed by atoms with van der Waals surface area (Å²) in [5.74, 6) is 0.286. The van der Waals surface area contributed by atoms with Crippen molar-refractivity contribution in [2.45, 2.75) is 57.5 Å². The number of rotatable bonds is 3. The van der Waals surface area contributed by atoms with E-state index in [2.05, 4.69) is 11.4 Å². The van der Waals surface area contributed by atoms with Crippen molar-refractivity contribution in [3.63, 3.8) is 0 Å². The molecule has 100 valence electrons. The van der Waals surface area contributed by atoms with E-state index in [1.165, 1.54) is 0 Å². The van der Waals surface area contributed by atoms with Gasteiger partial charge in [0.1, 0.15) is 5.41 Å². The fraction of sp³-hybridized carbons (Fsp3) is 0.857.